The van der Waals surface area contributed by atoms with Crippen molar-refractivity contribution in [1.29, 1.82) is 0 Å². The quantitative estimate of drug-likeness (QED) is 0.894. The second-order valence-corrected chi connectivity index (χ2v) is 8.70. The number of hydrogen-bond acceptors (Lipinski definition) is 4. The smallest absolute Gasteiger partial charge is 0.153 e. The Hall–Kier alpha value is -0.430. The molecule has 0 amide bonds. The van der Waals surface area contributed by atoms with Gasteiger partial charge in [-0.3, -0.25) is 4.90 Å². The molecular formula is C14H21BrN2O2S. The van der Waals surface area contributed by atoms with Crippen LogP contribution in [0.5, 0.6) is 0 Å². The molecular weight excluding hydrogens is 340 g/mol. The van der Waals surface area contributed by atoms with Gasteiger partial charge in [0.1, 0.15) is 0 Å². The summed E-state index contributed by atoms with van der Waals surface area (Å²) in [6, 6.07) is 8.08. The highest BCUT2D eigenvalue weighted by atomic mass is 79.9. The average Bonchev–Trinajstić information content (AvgIpc) is 2.33. The van der Waals surface area contributed by atoms with Crippen LogP contribution in [0.15, 0.2) is 28.7 Å². The summed E-state index contributed by atoms with van der Waals surface area (Å²) in [4.78, 5) is 2.22. The van der Waals surface area contributed by atoms with Gasteiger partial charge in [0.2, 0.25) is 0 Å². The average molecular weight is 361 g/mol. The number of nitrogens with zero attached hydrogens (tertiary/aromatic N) is 1. The summed E-state index contributed by atoms with van der Waals surface area (Å²) in [6.45, 7) is 4.49. The van der Waals surface area contributed by atoms with Crippen LogP contribution in [-0.4, -0.2) is 43.5 Å². The van der Waals surface area contributed by atoms with Crippen molar-refractivity contribution in [2.24, 2.45) is 5.73 Å². The standard InChI is InChI=1S/C14H21BrN2O2S/c1-10-9-20(18,19)8-7-17(10)14(11(2)16)12-3-5-13(15)6-4-12/h3-6,10-11,14H,7-9,16H2,1-2H3. The monoisotopic (exact) mass is 360 g/mol. The molecule has 1 fully saturated rings. The van der Waals surface area contributed by atoms with Crippen LogP contribution in [0.1, 0.15) is 25.5 Å². The van der Waals surface area contributed by atoms with Crippen LogP contribution >= 0.6 is 15.9 Å². The number of sulfone groups is 1. The van der Waals surface area contributed by atoms with Crippen LogP contribution in [0.3, 0.4) is 0 Å². The first-order valence-electron chi connectivity index (χ1n) is 6.77. The highest BCUT2D eigenvalue weighted by molar-refractivity contribution is 9.10. The van der Waals surface area contributed by atoms with Crippen molar-refractivity contribution in [2.75, 3.05) is 18.1 Å². The molecule has 0 saturated carbocycles. The van der Waals surface area contributed by atoms with Crippen LogP contribution in [0.2, 0.25) is 0 Å². The largest absolute Gasteiger partial charge is 0.326 e. The zero-order valence-electron chi connectivity index (χ0n) is 11.8. The lowest BCUT2D eigenvalue weighted by molar-refractivity contribution is 0.140. The molecule has 3 atom stereocenters. The van der Waals surface area contributed by atoms with Crippen molar-refractivity contribution in [1.82, 2.24) is 4.90 Å². The molecule has 1 saturated heterocycles. The van der Waals surface area contributed by atoms with Crippen LogP contribution < -0.4 is 5.73 Å². The molecule has 1 aromatic rings. The van der Waals surface area contributed by atoms with Crippen molar-refractivity contribution < 1.29 is 8.42 Å². The highest BCUT2D eigenvalue weighted by Gasteiger charge is 2.34. The minimum Gasteiger partial charge on any atom is -0.326 e. The topological polar surface area (TPSA) is 63.4 Å². The van der Waals surface area contributed by atoms with E-state index in [4.69, 9.17) is 5.73 Å². The predicted molar refractivity (Wildman–Crippen MR) is 85.4 cm³/mol. The third kappa shape index (κ3) is 3.61. The summed E-state index contributed by atoms with van der Waals surface area (Å²) in [7, 11) is -2.90. The second-order valence-electron chi connectivity index (χ2n) is 5.56. The second kappa shape index (κ2) is 6.13. The van der Waals surface area contributed by atoms with Gasteiger partial charge in [-0.15, -0.1) is 0 Å². The number of rotatable bonds is 3. The molecule has 1 aliphatic heterocycles. The summed E-state index contributed by atoms with van der Waals surface area (Å²) in [5, 5.41) is 0. The van der Waals surface area contributed by atoms with Crippen molar-refractivity contribution in [3.63, 3.8) is 0 Å². The maximum atomic E-state index is 11.7. The molecule has 1 heterocycles. The number of nitrogens with two attached hydrogens (primary N) is 1. The molecule has 1 aromatic carbocycles. The van der Waals surface area contributed by atoms with Crippen molar-refractivity contribution >= 4 is 25.8 Å². The van der Waals surface area contributed by atoms with E-state index in [1.165, 1.54) is 0 Å². The first-order chi connectivity index (χ1) is 9.30. The van der Waals surface area contributed by atoms with Gasteiger partial charge in [-0.1, -0.05) is 28.1 Å². The van der Waals surface area contributed by atoms with E-state index in [1.54, 1.807) is 0 Å². The Morgan fingerprint density at radius 2 is 1.95 bits per heavy atom. The first kappa shape index (κ1) is 15.9. The summed E-state index contributed by atoms with van der Waals surface area (Å²) in [5.41, 5.74) is 7.30. The lowest BCUT2D eigenvalue weighted by Gasteiger charge is -2.41. The van der Waals surface area contributed by atoms with Gasteiger partial charge in [-0.05, 0) is 31.5 Å². The minimum atomic E-state index is -2.90. The van der Waals surface area contributed by atoms with Gasteiger partial charge in [0.05, 0.1) is 11.5 Å². The maximum absolute atomic E-state index is 11.7. The molecule has 0 radical (unpaired) electrons. The van der Waals surface area contributed by atoms with E-state index in [2.05, 4.69) is 20.8 Å². The summed E-state index contributed by atoms with van der Waals surface area (Å²) in [5.74, 6) is 0.434. The Labute approximate surface area is 129 Å². The highest BCUT2D eigenvalue weighted by Crippen LogP contribution is 2.29. The molecule has 6 heteroatoms. The molecule has 4 nitrogen and oxygen atoms in total. The summed E-state index contributed by atoms with van der Waals surface area (Å²) >= 11 is 3.43. The van der Waals surface area contributed by atoms with Crippen molar-refractivity contribution in [3.8, 4) is 0 Å². The van der Waals surface area contributed by atoms with Crippen molar-refractivity contribution in [2.45, 2.75) is 32.0 Å². The van der Waals surface area contributed by atoms with Gasteiger partial charge < -0.3 is 5.73 Å². The predicted octanol–water partition coefficient (Wildman–Crippen LogP) is 1.96. The molecule has 0 aromatic heterocycles. The van der Waals surface area contributed by atoms with E-state index in [-0.39, 0.29) is 29.6 Å². The Kier molecular flexibility index (Phi) is 4.89. The molecule has 2 N–H and O–H groups in total. The Morgan fingerprint density at radius 3 is 2.45 bits per heavy atom. The van der Waals surface area contributed by atoms with E-state index in [9.17, 15) is 8.42 Å². The fourth-order valence-corrected chi connectivity index (χ4v) is 4.73. The van der Waals surface area contributed by atoms with Crippen molar-refractivity contribution in [3.05, 3.63) is 34.3 Å². The van der Waals surface area contributed by atoms with Crippen LogP contribution in [0.25, 0.3) is 0 Å². The van der Waals surface area contributed by atoms with Gasteiger partial charge in [-0.25, -0.2) is 8.42 Å². The minimum absolute atomic E-state index is 0.00611. The molecule has 1 aliphatic rings. The van der Waals surface area contributed by atoms with Gasteiger partial charge in [0.15, 0.2) is 9.84 Å². The molecule has 0 bridgehead atoms. The van der Waals surface area contributed by atoms with E-state index >= 15 is 0 Å². The molecule has 3 unspecified atom stereocenters. The summed E-state index contributed by atoms with van der Waals surface area (Å²) in [6.07, 6.45) is 0. The van der Waals surface area contributed by atoms with E-state index < -0.39 is 9.84 Å². The normalized spacial score (nSPS) is 26.1. The number of benzene rings is 1. The maximum Gasteiger partial charge on any atom is 0.153 e. The Bertz CT molecular complexity index is 557. The SMILES string of the molecule is CC(N)C(c1ccc(Br)cc1)N1CCS(=O)(=O)CC1C. The van der Waals surface area contributed by atoms with Crippen LogP contribution in [-0.2, 0) is 9.84 Å². The molecule has 112 valence electrons. The zero-order valence-corrected chi connectivity index (χ0v) is 14.2. The third-order valence-electron chi connectivity index (χ3n) is 3.79. The molecule has 2 rings (SSSR count). The van der Waals surface area contributed by atoms with E-state index in [1.807, 2.05) is 38.1 Å². The first-order valence-corrected chi connectivity index (χ1v) is 9.39. The van der Waals surface area contributed by atoms with Crippen LogP contribution in [0, 0.1) is 0 Å². The van der Waals surface area contributed by atoms with Gasteiger partial charge >= 0.3 is 0 Å². The fourth-order valence-electron chi connectivity index (χ4n) is 2.88. The fraction of sp³-hybridized carbons (Fsp3) is 0.571. The van der Waals surface area contributed by atoms with E-state index in [0.717, 1.165) is 10.0 Å². The molecule has 20 heavy (non-hydrogen) atoms. The summed E-state index contributed by atoms with van der Waals surface area (Å²) < 4.78 is 24.5. The lowest BCUT2D eigenvalue weighted by atomic mass is 9.98. The number of halogens is 1. The zero-order chi connectivity index (χ0) is 14.9. The Balaban J connectivity index is 2.28. The van der Waals surface area contributed by atoms with E-state index in [0.29, 0.717) is 6.54 Å². The van der Waals surface area contributed by atoms with Gasteiger partial charge in [0, 0.05) is 29.1 Å². The molecule has 0 aliphatic carbocycles. The molecule has 0 spiro atoms. The van der Waals surface area contributed by atoms with Gasteiger partial charge in [0.25, 0.3) is 0 Å². The number of hydrogen-bond donors (Lipinski definition) is 1. The van der Waals surface area contributed by atoms with Gasteiger partial charge in [-0.2, -0.15) is 0 Å². The lowest BCUT2D eigenvalue weighted by Crippen LogP contribution is -2.52. The van der Waals surface area contributed by atoms with Crippen LogP contribution in [0.4, 0.5) is 0 Å². The Morgan fingerprint density at radius 1 is 1.35 bits per heavy atom. The third-order valence-corrected chi connectivity index (χ3v) is 6.11.